The van der Waals surface area contributed by atoms with E-state index in [9.17, 15) is 4.79 Å². The van der Waals surface area contributed by atoms with Crippen molar-refractivity contribution < 1.29 is 4.79 Å². The van der Waals surface area contributed by atoms with Gasteiger partial charge in [0.05, 0.1) is 5.56 Å². The van der Waals surface area contributed by atoms with Crippen molar-refractivity contribution in [1.82, 2.24) is 10.3 Å². The number of nitrogens with zero attached hydrogens (tertiary/aromatic N) is 2. The molecule has 2 rings (SSSR count). The van der Waals surface area contributed by atoms with Crippen LogP contribution in [0.2, 0.25) is 0 Å². The molecular weight excluding hydrogens is 383 g/mol. The fourth-order valence-corrected chi connectivity index (χ4v) is 2.53. The number of anilines is 1. The summed E-state index contributed by atoms with van der Waals surface area (Å²) in [5.74, 6) is -0.143. The van der Waals surface area contributed by atoms with E-state index in [-0.39, 0.29) is 36.3 Å². The fourth-order valence-electron chi connectivity index (χ4n) is 2.53. The number of hydrogen-bond donors (Lipinski definition) is 2. The number of halogens is 2. The molecule has 0 saturated carbocycles. The monoisotopic (exact) mass is 412 g/mol. The second-order valence-electron chi connectivity index (χ2n) is 6.66. The molecule has 0 fully saturated rings. The number of rotatable bonds is 7. The lowest BCUT2D eigenvalue weighted by Crippen LogP contribution is -2.49. The molecule has 0 radical (unpaired) electrons. The van der Waals surface area contributed by atoms with E-state index in [2.05, 4.69) is 10.3 Å². The van der Waals surface area contributed by atoms with E-state index < -0.39 is 0 Å². The average Bonchev–Trinajstić information content (AvgIpc) is 2.66. The molecule has 27 heavy (non-hydrogen) atoms. The zero-order valence-corrected chi connectivity index (χ0v) is 18.0. The van der Waals surface area contributed by atoms with E-state index in [0.29, 0.717) is 12.1 Å². The van der Waals surface area contributed by atoms with Crippen LogP contribution in [0.4, 0.5) is 5.69 Å². The van der Waals surface area contributed by atoms with Crippen molar-refractivity contribution in [3.8, 4) is 11.1 Å². The van der Waals surface area contributed by atoms with Crippen LogP contribution in [0.5, 0.6) is 0 Å². The summed E-state index contributed by atoms with van der Waals surface area (Å²) in [6.07, 6.45) is 5.00. The van der Waals surface area contributed by atoms with Crippen LogP contribution in [-0.4, -0.2) is 37.1 Å². The molecule has 7 heteroatoms. The first-order valence-electron chi connectivity index (χ1n) is 8.68. The highest BCUT2D eigenvalue weighted by molar-refractivity contribution is 5.95. The third kappa shape index (κ3) is 6.69. The first-order valence-corrected chi connectivity index (χ1v) is 8.68. The Kier molecular flexibility index (Phi) is 10.4. The third-order valence-corrected chi connectivity index (χ3v) is 4.73. The van der Waals surface area contributed by atoms with E-state index >= 15 is 0 Å². The summed E-state index contributed by atoms with van der Waals surface area (Å²) in [5.41, 5.74) is 9.51. The van der Waals surface area contributed by atoms with Crippen molar-refractivity contribution in [1.29, 1.82) is 0 Å². The second kappa shape index (κ2) is 11.1. The Labute approximate surface area is 174 Å². The molecule has 0 unspecified atom stereocenters. The summed E-state index contributed by atoms with van der Waals surface area (Å²) in [7, 11) is 4.01. The summed E-state index contributed by atoms with van der Waals surface area (Å²) in [4.78, 5) is 18.7. The molecule has 150 valence electrons. The number of nitrogens with two attached hydrogens (primary N) is 1. The Morgan fingerprint density at radius 3 is 2.19 bits per heavy atom. The first-order chi connectivity index (χ1) is 11.9. The molecule has 1 aromatic heterocycles. The molecule has 0 aliphatic heterocycles. The van der Waals surface area contributed by atoms with E-state index in [0.717, 1.165) is 29.7 Å². The third-order valence-electron chi connectivity index (χ3n) is 4.73. The van der Waals surface area contributed by atoms with Crippen LogP contribution < -0.4 is 16.0 Å². The molecule has 0 saturated heterocycles. The van der Waals surface area contributed by atoms with E-state index in [1.807, 2.05) is 63.2 Å². The lowest BCUT2D eigenvalue weighted by atomic mass is 9.94. The van der Waals surface area contributed by atoms with Gasteiger partial charge in [-0.3, -0.25) is 9.78 Å². The minimum absolute atomic E-state index is 0. The molecule has 0 bridgehead atoms. The maximum Gasteiger partial charge on any atom is 0.252 e. The summed E-state index contributed by atoms with van der Waals surface area (Å²) in [5, 5.41) is 2.93. The summed E-state index contributed by atoms with van der Waals surface area (Å²) in [6.45, 7) is 4.53. The highest BCUT2D eigenvalue weighted by atomic mass is 35.5. The molecule has 2 aromatic rings. The fraction of sp³-hybridized carbons (Fsp3) is 0.400. The van der Waals surface area contributed by atoms with Gasteiger partial charge in [0.15, 0.2) is 0 Å². The minimum atomic E-state index is -0.358. The normalized spacial score (nSPS) is 10.4. The zero-order chi connectivity index (χ0) is 18.4. The van der Waals surface area contributed by atoms with Crippen LogP contribution in [0.1, 0.15) is 37.0 Å². The van der Waals surface area contributed by atoms with Crippen molar-refractivity contribution in [3.63, 3.8) is 0 Å². The van der Waals surface area contributed by atoms with Gasteiger partial charge in [-0.15, -0.1) is 24.8 Å². The number of aromatic nitrogens is 1. The van der Waals surface area contributed by atoms with Crippen molar-refractivity contribution in [2.45, 2.75) is 32.2 Å². The molecule has 0 atom stereocenters. The van der Waals surface area contributed by atoms with Crippen LogP contribution in [-0.2, 0) is 0 Å². The van der Waals surface area contributed by atoms with Crippen molar-refractivity contribution in [2.75, 3.05) is 25.5 Å². The molecule has 3 N–H and O–H groups in total. The predicted molar refractivity (Wildman–Crippen MR) is 118 cm³/mol. The Bertz CT molecular complexity index is 716. The summed E-state index contributed by atoms with van der Waals surface area (Å²) in [6, 6.07) is 10.0. The smallest absolute Gasteiger partial charge is 0.252 e. The zero-order valence-electron chi connectivity index (χ0n) is 16.4. The van der Waals surface area contributed by atoms with Gasteiger partial charge in [-0.25, -0.2) is 0 Å². The molecule has 0 spiro atoms. The standard InChI is InChI=1S/C20H28N4O.2ClH/c1-5-20(21,6-2)14-23-19(25)17-11-16(12-22-13-17)15-7-9-18(10-8-15)24(3)4;;/h7-13H,5-6,14,21H2,1-4H3,(H,23,25);2*1H. The van der Waals surface area contributed by atoms with E-state index in [4.69, 9.17) is 5.73 Å². The maximum atomic E-state index is 12.4. The summed E-state index contributed by atoms with van der Waals surface area (Å²) >= 11 is 0. The number of benzene rings is 1. The SMILES string of the molecule is CCC(N)(CC)CNC(=O)c1cncc(-c2ccc(N(C)C)cc2)c1.Cl.Cl. The number of carbonyl (C=O) groups is 1. The molecule has 1 amide bonds. The molecule has 1 aromatic carbocycles. The van der Waals surface area contributed by atoms with Gasteiger partial charge in [0, 0.05) is 49.8 Å². The minimum Gasteiger partial charge on any atom is -0.378 e. The first kappa shape index (κ1) is 25.2. The highest BCUT2D eigenvalue weighted by Gasteiger charge is 2.21. The predicted octanol–water partition coefficient (Wildman–Crippen LogP) is 3.91. The van der Waals surface area contributed by atoms with Crippen LogP contribution in [0.15, 0.2) is 42.7 Å². The van der Waals surface area contributed by atoms with Gasteiger partial charge in [0.25, 0.3) is 5.91 Å². The van der Waals surface area contributed by atoms with Crippen molar-refractivity contribution in [3.05, 3.63) is 48.3 Å². The van der Waals surface area contributed by atoms with Gasteiger partial charge in [-0.05, 0) is 36.6 Å². The van der Waals surface area contributed by atoms with Gasteiger partial charge in [0.1, 0.15) is 0 Å². The van der Waals surface area contributed by atoms with Gasteiger partial charge < -0.3 is 16.0 Å². The largest absolute Gasteiger partial charge is 0.378 e. The quantitative estimate of drug-likeness (QED) is 0.722. The van der Waals surface area contributed by atoms with Gasteiger partial charge in [0.2, 0.25) is 0 Å². The Morgan fingerprint density at radius 1 is 1.07 bits per heavy atom. The van der Waals surface area contributed by atoms with Gasteiger partial charge in [-0.1, -0.05) is 26.0 Å². The molecule has 0 aliphatic carbocycles. The van der Waals surface area contributed by atoms with Crippen LogP contribution in [0.3, 0.4) is 0 Å². The Hall–Kier alpha value is -1.82. The van der Waals surface area contributed by atoms with Gasteiger partial charge >= 0.3 is 0 Å². The molecule has 0 aliphatic rings. The molecule has 5 nitrogen and oxygen atoms in total. The lowest BCUT2D eigenvalue weighted by molar-refractivity contribution is 0.0942. The Balaban J connectivity index is 0.00000338. The number of carbonyl (C=O) groups excluding carboxylic acids is 1. The van der Waals surface area contributed by atoms with Crippen molar-refractivity contribution >= 4 is 36.4 Å². The van der Waals surface area contributed by atoms with Gasteiger partial charge in [-0.2, -0.15) is 0 Å². The number of pyridine rings is 1. The topological polar surface area (TPSA) is 71.2 Å². The number of nitrogens with one attached hydrogen (secondary N) is 1. The highest BCUT2D eigenvalue weighted by Crippen LogP contribution is 2.22. The van der Waals surface area contributed by atoms with E-state index in [1.165, 1.54) is 0 Å². The van der Waals surface area contributed by atoms with Crippen LogP contribution in [0, 0.1) is 0 Å². The molecular formula is C20H30Cl2N4O. The number of amides is 1. The average molecular weight is 413 g/mol. The van der Waals surface area contributed by atoms with Crippen LogP contribution in [0.25, 0.3) is 11.1 Å². The van der Waals surface area contributed by atoms with E-state index in [1.54, 1.807) is 12.4 Å². The number of hydrogen-bond acceptors (Lipinski definition) is 4. The van der Waals surface area contributed by atoms with Crippen LogP contribution >= 0.6 is 24.8 Å². The Morgan fingerprint density at radius 2 is 1.67 bits per heavy atom. The lowest BCUT2D eigenvalue weighted by Gasteiger charge is -2.26. The second-order valence-corrected chi connectivity index (χ2v) is 6.66. The van der Waals surface area contributed by atoms with Crippen molar-refractivity contribution in [2.24, 2.45) is 5.73 Å². The maximum absolute atomic E-state index is 12.4. The molecule has 1 heterocycles. The summed E-state index contributed by atoms with van der Waals surface area (Å²) < 4.78 is 0.